The maximum Gasteiger partial charge on any atom is 0.321 e. The van der Waals surface area contributed by atoms with Crippen LogP contribution >= 0.6 is 11.3 Å². The highest BCUT2D eigenvalue weighted by atomic mass is 32.1. The normalized spacial score (nSPS) is 14.8. The molecule has 8 nitrogen and oxygen atoms in total. The SMILES string of the molecule is O=C(C[NH+]1CCN(C(=O)c2ccco2)CC1)NC(=O)NCc1cccs1. The minimum absolute atomic E-state index is 0.133. The molecule has 0 aliphatic carbocycles. The Morgan fingerprint density at radius 3 is 2.65 bits per heavy atom. The first kappa shape index (κ1) is 18.2. The molecule has 0 aromatic carbocycles. The maximum absolute atomic E-state index is 12.2. The summed E-state index contributed by atoms with van der Waals surface area (Å²) in [5.74, 6) is -0.130. The number of thiophene rings is 1. The minimum atomic E-state index is -0.491. The number of furan rings is 1. The van der Waals surface area contributed by atoms with Crippen molar-refractivity contribution in [2.75, 3.05) is 32.7 Å². The number of rotatable bonds is 5. The second-order valence-electron chi connectivity index (χ2n) is 6.01. The second kappa shape index (κ2) is 8.63. The molecule has 4 amide bonds. The Morgan fingerprint density at radius 1 is 1.19 bits per heavy atom. The van der Waals surface area contributed by atoms with Crippen molar-refractivity contribution in [1.82, 2.24) is 15.5 Å². The van der Waals surface area contributed by atoms with E-state index in [9.17, 15) is 14.4 Å². The Hall–Kier alpha value is -2.65. The highest BCUT2D eigenvalue weighted by molar-refractivity contribution is 7.09. The van der Waals surface area contributed by atoms with Crippen LogP contribution in [0.2, 0.25) is 0 Å². The number of piperazine rings is 1. The van der Waals surface area contributed by atoms with Gasteiger partial charge in [0.25, 0.3) is 11.8 Å². The zero-order chi connectivity index (χ0) is 18.4. The fraction of sp³-hybridized carbons (Fsp3) is 0.353. The van der Waals surface area contributed by atoms with Crippen molar-refractivity contribution in [2.24, 2.45) is 0 Å². The van der Waals surface area contributed by atoms with Crippen LogP contribution in [0.4, 0.5) is 4.79 Å². The van der Waals surface area contributed by atoms with Crippen molar-refractivity contribution >= 4 is 29.2 Å². The Balaban J connectivity index is 1.36. The summed E-state index contributed by atoms with van der Waals surface area (Å²) >= 11 is 1.54. The van der Waals surface area contributed by atoms with Gasteiger partial charge < -0.3 is 19.5 Å². The van der Waals surface area contributed by atoms with E-state index in [-0.39, 0.29) is 18.4 Å². The molecule has 138 valence electrons. The van der Waals surface area contributed by atoms with E-state index >= 15 is 0 Å². The molecule has 1 fully saturated rings. The van der Waals surface area contributed by atoms with Crippen LogP contribution in [0.15, 0.2) is 40.3 Å². The molecule has 0 bridgehead atoms. The monoisotopic (exact) mass is 377 g/mol. The van der Waals surface area contributed by atoms with Gasteiger partial charge in [0.15, 0.2) is 12.3 Å². The van der Waals surface area contributed by atoms with Crippen molar-refractivity contribution < 1.29 is 23.7 Å². The molecule has 1 aliphatic rings. The molecule has 2 aromatic heterocycles. The summed E-state index contributed by atoms with van der Waals surface area (Å²) in [7, 11) is 0. The molecule has 1 aliphatic heterocycles. The molecule has 2 aromatic rings. The first-order valence-corrected chi connectivity index (χ1v) is 9.26. The summed E-state index contributed by atoms with van der Waals surface area (Å²) < 4.78 is 5.13. The van der Waals surface area contributed by atoms with Gasteiger partial charge in [-0.2, -0.15) is 0 Å². The van der Waals surface area contributed by atoms with Gasteiger partial charge >= 0.3 is 6.03 Å². The van der Waals surface area contributed by atoms with Crippen LogP contribution in [-0.4, -0.2) is 55.5 Å². The van der Waals surface area contributed by atoms with E-state index in [0.717, 1.165) is 9.78 Å². The van der Waals surface area contributed by atoms with Crippen LogP contribution in [0.3, 0.4) is 0 Å². The number of amides is 4. The van der Waals surface area contributed by atoms with Gasteiger partial charge in [0.1, 0.15) is 0 Å². The largest absolute Gasteiger partial charge is 0.459 e. The molecule has 0 unspecified atom stereocenters. The summed E-state index contributed by atoms with van der Waals surface area (Å²) in [4.78, 5) is 39.7. The molecule has 1 saturated heterocycles. The first-order chi connectivity index (χ1) is 12.6. The number of hydrogen-bond acceptors (Lipinski definition) is 5. The van der Waals surface area contributed by atoms with E-state index in [0.29, 0.717) is 38.5 Å². The Morgan fingerprint density at radius 2 is 2.00 bits per heavy atom. The van der Waals surface area contributed by atoms with Crippen LogP contribution in [0.5, 0.6) is 0 Å². The third-order valence-corrected chi connectivity index (χ3v) is 5.03. The van der Waals surface area contributed by atoms with Gasteiger partial charge in [-0.1, -0.05) is 6.07 Å². The van der Waals surface area contributed by atoms with E-state index in [4.69, 9.17) is 4.42 Å². The van der Waals surface area contributed by atoms with Gasteiger partial charge in [-0.05, 0) is 23.6 Å². The van der Waals surface area contributed by atoms with Gasteiger partial charge in [-0.25, -0.2) is 4.79 Å². The van der Waals surface area contributed by atoms with Crippen molar-refractivity contribution in [3.05, 3.63) is 46.5 Å². The van der Waals surface area contributed by atoms with Crippen LogP contribution in [0.25, 0.3) is 0 Å². The summed E-state index contributed by atoms with van der Waals surface area (Å²) in [6.45, 7) is 3.00. The van der Waals surface area contributed by atoms with Crippen molar-refractivity contribution in [3.8, 4) is 0 Å². The lowest BCUT2D eigenvalue weighted by atomic mass is 10.3. The molecular weight excluding hydrogens is 356 g/mol. The molecular formula is C17H21N4O4S+. The summed E-state index contributed by atoms with van der Waals surface area (Å²) in [5.41, 5.74) is 0. The standard InChI is InChI=1S/C17H20N4O4S/c22-15(19-17(24)18-11-13-3-2-10-26-13)12-20-5-7-21(8-6-20)16(23)14-4-1-9-25-14/h1-4,9-10H,5-8,11-12H2,(H2,18,19,22,24)/p+1. The molecule has 0 atom stereocenters. The van der Waals surface area contributed by atoms with Gasteiger partial charge in [0.2, 0.25) is 0 Å². The van der Waals surface area contributed by atoms with Crippen molar-refractivity contribution in [3.63, 3.8) is 0 Å². The summed E-state index contributed by atoms with van der Waals surface area (Å²) in [6, 6.07) is 6.66. The molecule has 0 radical (unpaired) electrons. The quantitative estimate of drug-likeness (QED) is 0.667. The number of quaternary nitrogens is 1. The van der Waals surface area contributed by atoms with E-state index in [1.54, 1.807) is 28.4 Å². The van der Waals surface area contributed by atoms with Gasteiger partial charge in [-0.3, -0.25) is 14.9 Å². The summed E-state index contributed by atoms with van der Waals surface area (Å²) in [6.07, 6.45) is 1.47. The molecule has 3 N–H and O–H groups in total. The van der Waals surface area contributed by atoms with Gasteiger partial charge in [0.05, 0.1) is 39.0 Å². The van der Waals surface area contributed by atoms with E-state index in [1.165, 1.54) is 6.26 Å². The Labute approximate surface area is 154 Å². The smallest absolute Gasteiger partial charge is 0.321 e. The second-order valence-corrected chi connectivity index (χ2v) is 7.04. The minimum Gasteiger partial charge on any atom is -0.459 e. The van der Waals surface area contributed by atoms with E-state index in [1.807, 2.05) is 17.5 Å². The molecule has 3 rings (SSSR count). The molecule has 0 saturated carbocycles. The Bertz CT molecular complexity index is 737. The first-order valence-electron chi connectivity index (χ1n) is 8.38. The van der Waals surface area contributed by atoms with Crippen LogP contribution < -0.4 is 15.5 Å². The number of hydrogen-bond donors (Lipinski definition) is 3. The van der Waals surface area contributed by atoms with Crippen LogP contribution in [0, 0.1) is 0 Å². The maximum atomic E-state index is 12.2. The molecule has 3 heterocycles. The van der Waals surface area contributed by atoms with Crippen molar-refractivity contribution in [1.29, 1.82) is 0 Å². The lowest BCUT2D eigenvalue weighted by molar-refractivity contribution is -0.895. The molecule has 0 spiro atoms. The lowest BCUT2D eigenvalue weighted by Gasteiger charge is -2.31. The average molecular weight is 377 g/mol. The van der Waals surface area contributed by atoms with E-state index < -0.39 is 6.03 Å². The van der Waals surface area contributed by atoms with Gasteiger partial charge in [-0.15, -0.1) is 11.3 Å². The fourth-order valence-electron chi connectivity index (χ4n) is 2.78. The predicted molar refractivity (Wildman–Crippen MR) is 94.9 cm³/mol. The third kappa shape index (κ3) is 4.93. The average Bonchev–Trinajstić information content (AvgIpc) is 3.33. The topological polar surface area (TPSA) is 96.1 Å². The zero-order valence-corrected chi connectivity index (χ0v) is 15.0. The summed E-state index contributed by atoms with van der Waals surface area (Å²) in [5, 5.41) is 6.93. The molecule has 9 heteroatoms. The number of nitrogens with zero attached hydrogens (tertiary/aromatic N) is 1. The highest BCUT2D eigenvalue weighted by Gasteiger charge is 2.27. The fourth-order valence-corrected chi connectivity index (χ4v) is 3.43. The number of nitrogens with one attached hydrogen (secondary N) is 3. The highest BCUT2D eigenvalue weighted by Crippen LogP contribution is 2.07. The van der Waals surface area contributed by atoms with Crippen molar-refractivity contribution in [2.45, 2.75) is 6.54 Å². The number of carbonyl (C=O) groups excluding carboxylic acids is 3. The molecule has 26 heavy (non-hydrogen) atoms. The lowest BCUT2D eigenvalue weighted by Crippen LogP contribution is -3.15. The van der Waals surface area contributed by atoms with Crippen LogP contribution in [0.1, 0.15) is 15.4 Å². The van der Waals surface area contributed by atoms with Crippen LogP contribution in [-0.2, 0) is 11.3 Å². The number of urea groups is 1. The zero-order valence-electron chi connectivity index (χ0n) is 14.2. The predicted octanol–water partition coefficient (Wildman–Crippen LogP) is -0.292. The third-order valence-electron chi connectivity index (χ3n) is 4.16. The number of carbonyl (C=O) groups is 3. The Kier molecular flexibility index (Phi) is 6.03. The van der Waals surface area contributed by atoms with Gasteiger partial charge in [0, 0.05) is 4.88 Å². The van der Waals surface area contributed by atoms with E-state index in [2.05, 4.69) is 10.6 Å². The number of imide groups is 1.